The maximum atomic E-state index is 13.5. The molecule has 0 radical (unpaired) electrons. The second-order valence-electron chi connectivity index (χ2n) is 9.98. The SMILES string of the molecule is CCN(CC)c1ncc(N(CC)C(=O)c2ccc(C)s2)c(N[C@@H](Cc2ccc(OC(=O)N3CCCC3)cc2)C(=O)O)n1. The fourth-order valence-electron chi connectivity index (χ4n) is 4.79. The molecule has 1 fully saturated rings. The standard InChI is InChI=1S/C30H38N6O5S/c1-5-34(6-2)29-31-19-24(36(7-3)27(37)25-15-10-20(4)42-25)26(33-29)32-23(28(38)39)18-21-11-13-22(14-12-21)41-30(40)35-16-8-9-17-35/h10-15,19,23H,5-9,16-18H2,1-4H3,(H,38,39)(H,31,32,33)/t23-/m0/s1. The molecule has 4 rings (SSSR count). The van der Waals surface area contributed by atoms with Crippen molar-refractivity contribution >= 4 is 46.8 Å². The number of aliphatic carboxylic acids is 1. The number of anilines is 3. The van der Waals surface area contributed by atoms with Crippen LogP contribution in [-0.2, 0) is 11.2 Å². The lowest BCUT2D eigenvalue weighted by atomic mass is 10.1. The van der Waals surface area contributed by atoms with Crippen molar-refractivity contribution in [3.05, 3.63) is 57.9 Å². The Bertz CT molecular complexity index is 1390. The van der Waals surface area contributed by atoms with Crippen molar-refractivity contribution in [2.24, 2.45) is 0 Å². The molecule has 2 amide bonds. The topological polar surface area (TPSA) is 128 Å². The zero-order valence-corrected chi connectivity index (χ0v) is 25.3. The Labute approximate surface area is 250 Å². The predicted molar refractivity (Wildman–Crippen MR) is 164 cm³/mol. The van der Waals surface area contributed by atoms with Crippen molar-refractivity contribution in [1.29, 1.82) is 0 Å². The summed E-state index contributed by atoms with van der Waals surface area (Å²) in [5, 5.41) is 13.3. The summed E-state index contributed by atoms with van der Waals surface area (Å²) in [4.78, 5) is 54.2. The molecule has 1 atom stereocenters. The van der Waals surface area contributed by atoms with Crippen LogP contribution in [0.1, 0.15) is 53.7 Å². The van der Waals surface area contributed by atoms with Gasteiger partial charge in [-0.25, -0.2) is 14.6 Å². The highest BCUT2D eigenvalue weighted by atomic mass is 32.1. The van der Waals surface area contributed by atoms with Crippen LogP contribution in [0.25, 0.3) is 0 Å². The molecule has 2 aromatic heterocycles. The summed E-state index contributed by atoms with van der Waals surface area (Å²) >= 11 is 1.40. The first kappa shape index (κ1) is 30.8. The van der Waals surface area contributed by atoms with Crippen LogP contribution in [-0.4, -0.2) is 76.7 Å². The third-order valence-corrected chi connectivity index (χ3v) is 8.14. The number of likely N-dealkylation sites (tertiary alicyclic amines) is 1. The van der Waals surface area contributed by atoms with Crippen LogP contribution < -0.4 is 19.9 Å². The molecule has 12 heteroatoms. The van der Waals surface area contributed by atoms with E-state index < -0.39 is 12.0 Å². The highest BCUT2D eigenvalue weighted by Crippen LogP contribution is 2.29. The normalized spacial score (nSPS) is 13.5. The first-order chi connectivity index (χ1) is 20.2. The van der Waals surface area contributed by atoms with Crippen molar-refractivity contribution in [3.8, 4) is 5.75 Å². The molecule has 2 N–H and O–H groups in total. The Kier molecular flexibility index (Phi) is 10.3. The van der Waals surface area contributed by atoms with E-state index in [0.29, 0.717) is 55.0 Å². The lowest BCUT2D eigenvalue weighted by Gasteiger charge is -2.26. The molecule has 224 valence electrons. The minimum Gasteiger partial charge on any atom is -0.480 e. The van der Waals surface area contributed by atoms with Gasteiger partial charge in [-0.3, -0.25) is 4.79 Å². The van der Waals surface area contributed by atoms with Crippen LogP contribution in [0.4, 0.5) is 22.2 Å². The van der Waals surface area contributed by atoms with E-state index >= 15 is 0 Å². The zero-order chi connectivity index (χ0) is 30.2. The Morgan fingerprint density at radius 2 is 1.74 bits per heavy atom. The molecular weight excluding hydrogens is 556 g/mol. The number of carbonyl (C=O) groups is 3. The van der Waals surface area contributed by atoms with Crippen LogP contribution in [0.5, 0.6) is 5.75 Å². The van der Waals surface area contributed by atoms with Gasteiger partial charge >= 0.3 is 12.1 Å². The van der Waals surface area contributed by atoms with Gasteiger partial charge in [-0.2, -0.15) is 4.98 Å². The average Bonchev–Trinajstić information content (AvgIpc) is 3.68. The van der Waals surface area contributed by atoms with Gasteiger partial charge in [0.2, 0.25) is 5.95 Å². The lowest BCUT2D eigenvalue weighted by Crippen LogP contribution is -2.36. The number of nitrogens with zero attached hydrogens (tertiary/aromatic N) is 5. The van der Waals surface area contributed by atoms with Gasteiger partial charge < -0.3 is 29.9 Å². The minimum absolute atomic E-state index is 0.129. The van der Waals surface area contributed by atoms with Crippen molar-refractivity contribution < 1.29 is 24.2 Å². The molecular formula is C30H38N6O5S. The summed E-state index contributed by atoms with van der Waals surface area (Å²) in [5.74, 6) is -0.173. The van der Waals surface area contributed by atoms with Gasteiger partial charge in [0.05, 0.1) is 11.1 Å². The summed E-state index contributed by atoms with van der Waals surface area (Å²) in [6, 6.07) is 9.44. The first-order valence-corrected chi connectivity index (χ1v) is 15.1. The fourth-order valence-corrected chi connectivity index (χ4v) is 5.61. The third-order valence-electron chi connectivity index (χ3n) is 7.15. The summed E-state index contributed by atoms with van der Waals surface area (Å²) < 4.78 is 5.47. The second kappa shape index (κ2) is 14.1. The number of carbonyl (C=O) groups excluding carboxylic acids is 2. The van der Waals surface area contributed by atoms with E-state index in [1.165, 1.54) is 11.3 Å². The van der Waals surface area contributed by atoms with E-state index in [4.69, 9.17) is 9.72 Å². The number of rotatable bonds is 12. The smallest absolute Gasteiger partial charge is 0.415 e. The van der Waals surface area contributed by atoms with Crippen molar-refractivity contribution in [1.82, 2.24) is 14.9 Å². The Morgan fingerprint density at radius 1 is 1.05 bits per heavy atom. The summed E-state index contributed by atoms with van der Waals surface area (Å²) in [7, 11) is 0. The molecule has 0 saturated carbocycles. The quantitative estimate of drug-likeness (QED) is 0.296. The van der Waals surface area contributed by atoms with E-state index in [9.17, 15) is 19.5 Å². The van der Waals surface area contributed by atoms with Gasteiger partial charge in [-0.15, -0.1) is 11.3 Å². The minimum atomic E-state index is -1.07. The number of ether oxygens (including phenoxy) is 1. The number of carboxylic acid groups (broad SMARTS) is 1. The summed E-state index contributed by atoms with van der Waals surface area (Å²) in [6.45, 7) is 10.8. The second-order valence-corrected chi connectivity index (χ2v) is 11.3. The fraction of sp³-hybridized carbons (Fsp3) is 0.433. The van der Waals surface area contributed by atoms with Crippen molar-refractivity contribution in [2.45, 2.75) is 53.0 Å². The number of thiophene rings is 1. The van der Waals surface area contributed by atoms with Crippen LogP contribution in [0.2, 0.25) is 0 Å². The van der Waals surface area contributed by atoms with Gasteiger partial charge in [-0.05, 0) is 70.4 Å². The predicted octanol–water partition coefficient (Wildman–Crippen LogP) is 5.06. The number of carboxylic acids is 1. The van der Waals surface area contributed by atoms with E-state index in [1.54, 1.807) is 46.3 Å². The van der Waals surface area contributed by atoms with Gasteiger partial charge in [0.25, 0.3) is 5.91 Å². The monoisotopic (exact) mass is 594 g/mol. The molecule has 1 aliphatic heterocycles. The number of hydrogen-bond donors (Lipinski definition) is 2. The number of benzene rings is 1. The van der Waals surface area contributed by atoms with Gasteiger partial charge in [-0.1, -0.05) is 12.1 Å². The van der Waals surface area contributed by atoms with E-state index in [0.717, 1.165) is 23.3 Å². The molecule has 0 spiro atoms. The number of nitrogens with one attached hydrogen (secondary N) is 1. The number of amides is 2. The number of aryl methyl sites for hydroxylation is 1. The van der Waals surface area contributed by atoms with E-state index in [1.807, 2.05) is 38.7 Å². The molecule has 1 saturated heterocycles. The molecule has 0 bridgehead atoms. The molecule has 3 aromatic rings. The zero-order valence-electron chi connectivity index (χ0n) is 24.5. The van der Waals surface area contributed by atoms with Crippen molar-refractivity contribution in [3.63, 3.8) is 0 Å². The van der Waals surface area contributed by atoms with E-state index in [2.05, 4.69) is 10.3 Å². The summed E-state index contributed by atoms with van der Waals surface area (Å²) in [5.41, 5.74) is 1.13. The Balaban J connectivity index is 1.58. The Hall–Kier alpha value is -4.19. The van der Waals surface area contributed by atoms with Crippen molar-refractivity contribution in [2.75, 3.05) is 47.8 Å². The third kappa shape index (κ3) is 7.35. The molecule has 1 aliphatic rings. The highest BCUT2D eigenvalue weighted by Gasteiger charge is 2.27. The van der Waals surface area contributed by atoms with Gasteiger partial charge in [0.1, 0.15) is 17.5 Å². The largest absolute Gasteiger partial charge is 0.480 e. The van der Waals surface area contributed by atoms with Crippen LogP contribution in [0.15, 0.2) is 42.6 Å². The first-order valence-electron chi connectivity index (χ1n) is 14.3. The van der Waals surface area contributed by atoms with Gasteiger partial charge in [0.15, 0.2) is 5.82 Å². The van der Waals surface area contributed by atoms with Crippen LogP contribution in [0.3, 0.4) is 0 Å². The average molecular weight is 595 g/mol. The molecule has 0 aliphatic carbocycles. The van der Waals surface area contributed by atoms with Crippen LogP contribution >= 0.6 is 11.3 Å². The van der Waals surface area contributed by atoms with Gasteiger partial charge in [0, 0.05) is 44.0 Å². The van der Waals surface area contributed by atoms with Crippen LogP contribution in [0, 0.1) is 6.92 Å². The van der Waals surface area contributed by atoms with E-state index in [-0.39, 0.29) is 24.2 Å². The maximum absolute atomic E-state index is 13.5. The number of hydrogen-bond acceptors (Lipinski definition) is 9. The summed E-state index contributed by atoms with van der Waals surface area (Å²) in [6.07, 6.45) is 3.27. The number of aromatic nitrogens is 2. The molecule has 11 nitrogen and oxygen atoms in total. The molecule has 42 heavy (non-hydrogen) atoms. The highest BCUT2D eigenvalue weighted by molar-refractivity contribution is 7.14. The molecule has 1 aromatic carbocycles. The molecule has 3 heterocycles. The Morgan fingerprint density at radius 3 is 2.31 bits per heavy atom. The molecule has 0 unspecified atom stereocenters. The maximum Gasteiger partial charge on any atom is 0.415 e. The lowest BCUT2D eigenvalue weighted by molar-refractivity contribution is -0.137.